The molecule has 0 aliphatic rings. The molecule has 0 aliphatic heterocycles. The molecule has 0 unspecified atom stereocenters. The first kappa shape index (κ1) is 9.65. The molecular weight excluding hydrogens is 188 g/mol. The minimum Gasteiger partial charge on any atom is -0.478 e. The van der Waals surface area contributed by atoms with Gasteiger partial charge >= 0.3 is 0 Å². The number of ether oxygens (including phenoxy) is 1. The predicted molar refractivity (Wildman–Crippen MR) is 58.6 cm³/mol. The number of nitrogens with zero attached hydrogens (tertiary/aromatic N) is 2. The molecule has 0 radical (unpaired) electrons. The van der Waals surface area contributed by atoms with Crippen LogP contribution in [0.25, 0.3) is 11.4 Å². The minimum atomic E-state index is 0.624. The van der Waals surface area contributed by atoms with Gasteiger partial charge in [0.05, 0.1) is 18.0 Å². The van der Waals surface area contributed by atoms with Gasteiger partial charge in [0.1, 0.15) is 0 Å². The Hall–Kier alpha value is -1.90. The molecule has 0 saturated carbocycles. The van der Waals surface area contributed by atoms with Crippen LogP contribution >= 0.6 is 0 Å². The van der Waals surface area contributed by atoms with Crippen LogP contribution < -0.4 is 4.74 Å². The lowest BCUT2D eigenvalue weighted by Crippen LogP contribution is -1.95. The summed E-state index contributed by atoms with van der Waals surface area (Å²) in [7, 11) is 0. The minimum absolute atomic E-state index is 0.624. The molecule has 0 bridgehead atoms. The van der Waals surface area contributed by atoms with E-state index in [1.54, 1.807) is 6.20 Å². The van der Waals surface area contributed by atoms with Gasteiger partial charge in [-0.2, -0.15) is 0 Å². The summed E-state index contributed by atoms with van der Waals surface area (Å²) in [6, 6.07) is 11.4. The molecule has 2 aromatic heterocycles. The van der Waals surface area contributed by atoms with Gasteiger partial charge in [-0.1, -0.05) is 12.1 Å². The van der Waals surface area contributed by atoms with E-state index < -0.39 is 0 Å². The molecule has 0 N–H and O–H groups in total. The Morgan fingerprint density at radius 1 is 1.07 bits per heavy atom. The summed E-state index contributed by atoms with van der Waals surface area (Å²) in [5.74, 6) is 0.639. The van der Waals surface area contributed by atoms with Gasteiger partial charge < -0.3 is 4.74 Å². The lowest BCUT2D eigenvalue weighted by atomic mass is 10.2. The molecule has 2 rings (SSSR count). The highest BCUT2D eigenvalue weighted by molar-refractivity contribution is 5.54. The third-order valence-corrected chi connectivity index (χ3v) is 1.94. The molecule has 76 valence electrons. The van der Waals surface area contributed by atoms with Crippen molar-refractivity contribution in [2.45, 2.75) is 6.92 Å². The van der Waals surface area contributed by atoms with Crippen molar-refractivity contribution in [2.75, 3.05) is 6.61 Å². The van der Waals surface area contributed by atoms with Crippen molar-refractivity contribution < 1.29 is 4.74 Å². The highest BCUT2D eigenvalue weighted by Gasteiger charge is 2.01. The van der Waals surface area contributed by atoms with Crippen LogP contribution in [0.3, 0.4) is 0 Å². The zero-order valence-corrected chi connectivity index (χ0v) is 8.55. The standard InChI is InChI=1S/C12H12N2O/c1-2-15-12-8-5-7-11(14-12)10-6-3-4-9-13-10/h3-9H,2H2,1H3. The maximum absolute atomic E-state index is 5.33. The third-order valence-electron chi connectivity index (χ3n) is 1.94. The Bertz CT molecular complexity index is 429. The second-order valence-corrected chi connectivity index (χ2v) is 3.01. The highest BCUT2D eigenvalue weighted by atomic mass is 16.5. The van der Waals surface area contributed by atoms with Crippen LogP contribution in [0.1, 0.15) is 6.92 Å². The maximum atomic E-state index is 5.33. The van der Waals surface area contributed by atoms with Crippen LogP contribution in [0.2, 0.25) is 0 Å². The molecular formula is C12H12N2O. The summed E-state index contributed by atoms with van der Waals surface area (Å²) in [6.07, 6.45) is 1.75. The van der Waals surface area contributed by atoms with E-state index in [0.29, 0.717) is 12.5 Å². The summed E-state index contributed by atoms with van der Waals surface area (Å²) < 4.78 is 5.33. The zero-order valence-electron chi connectivity index (χ0n) is 8.55. The number of hydrogen-bond donors (Lipinski definition) is 0. The molecule has 0 saturated heterocycles. The van der Waals surface area contributed by atoms with Gasteiger partial charge in [0.15, 0.2) is 0 Å². The van der Waals surface area contributed by atoms with Gasteiger partial charge in [-0.05, 0) is 25.1 Å². The highest BCUT2D eigenvalue weighted by Crippen LogP contribution is 2.16. The van der Waals surface area contributed by atoms with E-state index in [4.69, 9.17) is 4.74 Å². The van der Waals surface area contributed by atoms with Gasteiger partial charge in [-0.3, -0.25) is 4.98 Å². The van der Waals surface area contributed by atoms with Crippen LogP contribution in [0.4, 0.5) is 0 Å². The molecule has 15 heavy (non-hydrogen) atoms. The number of pyridine rings is 2. The van der Waals surface area contributed by atoms with E-state index in [-0.39, 0.29) is 0 Å². The molecule has 3 heteroatoms. The summed E-state index contributed by atoms with van der Waals surface area (Å²) in [6.45, 7) is 2.56. The number of rotatable bonds is 3. The van der Waals surface area contributed by atoms with Crippen LogP contribution in [0.5, 0.6) is 5.88 Å². The monoisotopic (exact) mass is 200 g/mol. The molecule has 0 amide bonds. The second-order valence-electron chi connectivity index (χ2n) is 3.01. The Morgan fingerprint density at radius 3 is 2.67 bits per heavy atom. The van der Waals surface area contributed by atoms with Crippen molar-refractivity contribution in [3.05, 3.63) is 42.6 Å². The molecule has 2 aromatic rings. The van der Waals surface area contributed by atoms with Crippen molar-refractivity contribution in [2.24, 2.45) is 0 Å². The van der Waals surface area contributed by atoms with Gasteiger partial charge in [0.2, 0.25) is 5.88 Å². The van der Waals surface area contributed by atoms with E-state index in [9.17, 15) is 0 Å². The molecule has 2 heterocycles. The fourth-order valence-corrected chi connectivity index (χ4v) is 1.30. The first-order valence-electron chi connectivity index (χ1n) is 4.91. The van der Waals surface area contributed by atoms with E-state index in [1.807, 2.05) is 43.3 Å². The van der Waals surface area contributed by atoms with Gasteiger partial charge in [-0.25, -0.2) is 4.98 Å². The fourth-order valence-electron chi connectivity index (χ4n) is 1.30. The van der Waals surface area contributed by atoms with Crippen LogP contribution in [-0.4, -0.2) is 16.6 Å². The Balaban J connectivity index is 2.33. The third kappa shape index (κ3) is 2.31. The van der Waals surface area contributed by atoms with Crippen molar-refractivity contribution in [3.63, 3.8) is 0 Å². The fraction of sp³-hybridized carbons (Fsp3) is 0.167. The van der Waals surface area contributed by atoms with Crippen LogP contribution in [0.15, 0.2) is 42.6 Å². The smallest absolute Gasteiger partial charge is 0.213 e. The largest absolute Gasteiger partial charge is 0.478 e. The molecule has 3 nitrogen and oxygen atoms in total. The predicted octanol–water partition coefficient (Wildman–Crippen LogP) is 2.54. The zero-order chi connectivity index (χ0) is 10.5. The second kappa shape index (κ2) is 4.55. The van der Waals surface area contributed by atoms with E-state index >= 15 is 0 Å². The molecule has 0 atom stereocenters. The van der Waals surface area contributed by atoms with E-state index in [0.717, 1.165) is 11.4 Å². The summed E-state index contributed by atoms with van der Waals surface area (Å²) in [4.78, 5) is 8.58. The van der Waals surface area contributed by atoms with Crippen molar-refractivity contribution in [1.82, 2.24) is 9.97 Å². The number of hydrogen-bond acceptors (Lipinski definition) is 3. The Kier molecular flexibility index (Phi) is 2.93. The van der Waals surface area contributed by atoms with E-state index in [2.05, 4.69) is 9.97 Å². The lowest BCUT2D eigenvalue weighted by Gasteiger charge is -2.03. The summed E-state index contributed by atoms with van der Waals surface area (Å²) in [5, 5.41) is 0. The van der Waals surface area contributed by atoms with Crippen LogP contribution in [-0.2, 0) is 0 Å². The maximum Gasteiger partial charge on any atom is 0.213 e. The molecule has 0 aromatic carbocycles. The van der Waals surface area contributed by atoms with Crippen molar-refractivity contribution >= 4 is 0 Å². The normalized spacial score (nSPS) is 9.93. The SMILES string of the molecule is CCOc1cccc(-c2ccccn2)n1. The summed E-state index contributed by atoms with van der Waals surface area (Å²) in [5.41, 5.74) is 1.70. The average Bonchev–Trinajstić information content (AvgIpc) is 2.31. The van der Waals surface area contributed by atoms with Crippen LogP contribution in [0, 0.1) is 0 Å². The quantitative estimate of drug-likeness (QED) is 0.763. The van der Waals surface area contributed by atoms with Crippen molar-refractivity contribution in [1.29, 1.82) is 0 Å². The van der Waals surface area contributed by atoms with Crippen molar-refractivity contribution in [3.8, 4) is 17.3 Å². The molecule has 0 aliphatic carbocycles. The Morgan fingerprint density at radius 2 is 1.93 bits per heavy atom. The van der Waals surface area contributed by atoms with E-state index in [1.165, 1.54) is 0 Å². The first-order chi connectivity index (χ1) is 7.40. The summed E-state index contributed by atoms with van der Waals surface area (Å²) >= 11 is 0. The lowest BCUT2D eigenvalue weighted by molar-refractivity contribution is 0.327. The number of aromatic nitrogens is 2. The molecule has 0 fully saturated rings. The van der Waals surface area contributed by atoms with Gasteiger partial charge in [-0.15, -0.1) is 0 Å². The van der Waals surface area contributed by atoms with Gasteiger partial charge in [0, 0.05) is 12.3 Å². The molecule has 0 spiro atoms. The average molecular weight is 200 g/mol. The Labute approximate surface area is 88.8 Å². The van der Waals surface area contributed by atoms with Gasteiger partial charge in [0.25, 0.3) is 0 Å². The first-order valence-corrected chi connectivity index (χ1v) is 4.91. The topological polar surface area (TPSA) is 35.0 Å².